The predicted molar refractivity (Wildman–Crippen MR) is 92.0 cm³/mol. The lowest BCUT2D eigenvalue weighted by molar-refractivity contribution is 0.232. The van der Waals surface area contributed by atoms with E-state index in [2.05, 4.69) is 55.1 Å². The van der Waals surface area contributed by atoms with Gasteiger partial charge in [-0.05, 0) is 17.6 Å². The van der Waals surface area contributed by atoms with Crippen LogP contribution in [0.2, 0.25) is 0 Å². The molecule has 1 aromatic carbocycles. The predicted octanol–water partition coefficient (Wildman–Crippen LogP) is 2.64. The molecule has 1 aliphatic heterocycles. The number of nitrogens with one attached hydrogen (secondary N) is 2. The second-order valence-electron chi connectivity index (χ2n) is 5.77. The maximum atomic E-state index is 4.54. The zero-order valence-corrected chi connectivity index (χ0v) is 13.6. The minimum absolute atomic E-state index is 0.823. The lowest BCUT2D eigenvalue weighted by atomic mass is 10.0. The van der Waals surface area contributed by atoms with Crippen molar-refractivity contribution in [3.05, 3.63) is 58.7 Å². The molecule has 0 bridgehead atoms. The molecule has 2 aromatic heterocycles. The molecule has 0 radical (unpaired) electrons. The number of rotatable bonds is 5. The fourth-order valence-corrected chi connectivity index (χ4v) is 3.53. The van der Waals surface area contributed by atoms with Gasteiger partial charge in [-0.3, -0.25) is 15.3 Å². The number of nitrogens with zero attached hydrogens (tertiary/aromatic N) is 3. The molecule has 0 amide bonds. The highest BCUT2D eigenvalue weighted by molar-refractivity contribution is 7.03. The van der Waals surface area contributed by atoms with Crippen molar-refractivity contribution in [1.29, 1.82) is 0 Å². The molecule has 6 heteroatoms. The van der Waals surface area contributed by atoms with E-state index in [0.29, 0.717) is 0 Å². The molecule has 4 rings (SSSR count). The third kappa shape index (κ3) is 3.19. The van der Waals surface area contributed by atoms with Crippen molar-refractivity contribution < 1.29 is 0 Å². The molecular formula is C17H19N5S. The van der Waals surface area contributed by atoms with Crippen LogP contribution in [-0.4, -0.2) is 32.7 Å². The van der Waals surface area contributed by atoms with Crippen molar-refractivity contribution in [3.8, 4) is 11.3 Å². The van der Waals surface area contributed by atoms with Gasteiger partial charge >= 0.3 is 0 Å². The molecule has 1 aliphatic rings. The summed E-state index contributed by atoms with van der Waals surface area (Å²) in [4.78, 5) is 2.43. The zero-order chi connectivity index (χ0) is 15.5. The molecule has 3 heterocycles. The zero-order valence-electron chi connectivity index (χ0n) is 12.8. The normalized spacial score (nSPS) is 14.8. The summed E-state index contributed by atoms with van der Waals surface area (Å²) >= 11 is 1.50. The molecule has 0 unspecified atom stereocenters. The summed E-state index contributed by atoms with van der Waals surface area (Å²) in [7, 11) is 0. The Morgan fingerprint density at radius 1 is 1.22 bits per heavy atom. The smallest absolute Gasteiger partial charge is 0.0968 e. The van der Waals surface area contributed by atoms with E-state index < -0.39 is 0 Å². The van der Waals surface area contributed by atoms with Gasteiger partial charge < -0.3 is 0 Å². The highest BCUT2D eigenvalue weighted by Crippen LogP contribution is 2.27. The maximum absolute atomic E-state index is 4.54. The molecule has 2 N–H and O–H groups in total. The van der Waals surface area contributed by atoms with Crippen molar-refractivity contribution in [2.75, 3.05) is 13.2 Å². The number of aromatic amines is 1. The Balaban J connectivity index is 1.43. The van der Waals surface area contributed by atoms with Crippen LogP contribution >= 0.6 is 11.5 Å². The van der Waals surface area contributed by atoms with E-state index in [0.717, 1.165) is 44.1 Å². The van der Waals surface area contributed by atoms with Crippen molar-refractivity contribution in [2.45, 2.75) is 19.5 Å². The van der Waals surface area contributed by atoms with Gasteiger partial charge in [0.2, 0.25) is 0 Å². The molecule has 23 heavy (non-hydrogen) atoms. The first-order chi connectivity index (χ1) is 11.4. The van der Waals surface area contributed by atoms with Crippen LogP contribution in [0.4, 0.5) is 0 Å². The van der Waals surface area contributed by atoms with Crippen molar-refractivity contribution >= 4 is 11.5 Å². The Morgan fingerprint density at radius 2 is 2.13 bits per heavy atom. The number of benzene rings is 1. The minimum Gasteiger partial charge on any atom is -0.299 e. The second-order valence-corrected chi connectivity index (χ2v) is 6.44. The molecule has 0 aliphatic carbocycles. The molecule has 5 nitrogen and oxygen atoms in total. The van der Waals surface area contributed by atoms with Crippen LogP contribution in [0.25, 0.3) is 11.3 Å². The standard InChI is InChI=1S/C17H19N5S/c1-2-4-13(5-3-1)17-15-11-22(8-6-16(15)19-20-17)12-18-10-14-7-9-23-21-14/h1-5,7,9,18H,6,8,10-12H2,(H,19,20). The van der Waals surface area contributed by atoms with Crippen LogP contribution in [0.1, 0.15) is 17.0 Å². The molecule has 118 valence electrons. The van der Waals surface area contributed by atoms with E-state index in [4.69, 9.17) is 0 Å². The molecular weight excluding hydrogens is 306 g/mol. The third-order valence-corrected chi connectivity index (χ3v) is 4.79. The largest absolute Gasteiger partial charge is 0.299 e. The minimum atomic E-state index is 0.823. The molecule has 3 aromatic rings. The van der Waals surface area contributed by atoms with Crippen molar-refractivity contribution in [2.24, 2.45) is 0 Å². The van der Waals surface area contributed by atoms with Crippen LogP contribution < -0.4 is 5.32 Å². The first kappa shape index (κ1) is 14.6. The summed E-state index contributed by atoms with van der Waals surface area (Å²) in [6, 6.07) is 12.5. The van der Waals surface area contributed by atoms with Crippen LogP contribution in [0.5, 0.6) is 0 Å². The molecule has 0 spiro atoms. The van der Waals surface area contributed by atoms with Crippen LogP contribution in [0.15, 0.2) is 41.8 Å². The second kappa shape index (κ2) is 6.62. The lowest BCUT2D eigenvalue weighted by Gasteiger charge is -2.27. The number of aromatic nitrogens is 3. The topological polar surface area (TPSA) is 56.8 Å². The van der Waals surface area contributed by atoms with Crippen LogP contribution in [0, 0.1) is 0 Å². The van der Waals surface area contributed by atoms with Crippen molar-refractivity contribution in [3.63, 3.8) is 0 Å². The van der Waals surface area contributed by atoms with Gasteiger partial charge in [0.15, 0.2) is 0 Å². The van der Waals surface area contributed by atoms with Crippen LogP contribution in [0.3, 0.4) is 0 Å². The highest BCUT2D eigenvalue weighted by atomic mass is 32.1. The van der Waals surface area contributed by atoms with E-state index in [9.17, 15) is 0 Å². The fraction of sp³-hybridized carbons (Fsp3) is 0.294. The Bertz CT molecular complexity index is 751. The van der Waals surface area contributed by atoms with Gasteiger partial charge in [0.25, 0.3) is 0 Å². The van der Waals surface area contributed by atoms with Gasteiger partial charge in [0, 0.05) is 54.9 Å². The number of H-pyrrole nitrogens is 1. The van der Waals surface area contributed by atoms with E-state index in [1.54, 1.807) is 0 Å². The first-order valence-corrected chi connectivity index (χ1v) is 8.67. The Morgan fingerprint density at radius 3 is 2.96 bits per heavy atom. The molecule has 0 fully saturated rings. The summed E-state index contributed by atoms with van der Waals surface area (Å²) in [5.41, 5.74) is 5.99. The SMILES string of the molecule is c1ccc(-c2n[nH]c3c2CN(CNCc2ccsn2)CC3)cc1. The van der Waals surface area contributed by atoms with E-state index in [1.807, 2.05) is 11.4 Å². The molecule has 0 atom stereocenters. The van der Waals surface area contributed by atoms with Crippen molar-refractivity contribution in [1.82, 2.24) is 24.8 Å². The Kier molecular flexibility index (Phi) is 4.19. The molecule has 0 saturated carbocycles. The first-order valence-electron chi connectivity index (χ1n) is 7.84. The Hall–Kier alpha value is -2.02. The van der Waals surface area contributed by atoms with E-state index in [1.165, 1.54) is 28.4 Å². The summed E-state index contributed by atoms with van der Waals surface area (Å²) in [6.45, 7) is 3.67. The van der Waals surface area contributed by atoms with Gasteiger partial charge in [-0.2, -0.15) is 9.47 Å². The average molecular weight is 325 g/mol. The summed E-state index contributed by atoms with van der Waals surface area (Å²) in [5, 5.41) is 13.3. The van der Waals surface area contributed by atoms with Gasteiger partial charge in [-0.15, -0.1) is 0 Å². The number of hydrogen-bond donors (Lipinski definition) is 2. The van der Waals surface area contributed by atoms with Gasteiger partial charge in [-0.25, -0.2) is 0 Å². The summed E-state index contributed by atoms with van der Waals surface area (Å²) in [6.07, 6.45) is 1.02. The quantitative estimate of drug-likeness (QED) is 0.757. The third-order valence-electron chi connectivity index (χ3n) is 4.19. The monoisotopic (exact) mass is 325 g/mol. The number of hydrogen-bond acceptors (Lipinski definition) is 5. The van der Waals surface area contributed by atoms with Gasteiger partial charge in [-0.1, -0.05) is 30.3 Å². The summed E-state index contributed by atoms with van der Waals surface area (Å²) < 4.78 is 4.33. The highest BCUT2D eigenvalue weighted by Gasteiger charge is 2.22. The van der Waals surface area contributed by atoms with Gasteiger partial charge in [0.1, 0.15) is 0 Å². The van der Waals surface area contributed by atoms with Gasteiger partial charge in [0.05, 0.1) is 11.4 Å². The molecule has 0 saturated heterocycles. The summed E-state index contributed by atoms with van der Waals surface area (Å²) in [5.74, 6) is 0. The van der Waals surface area contributed by atoms with E-state index >= 15 is 0 Å². The maximum Gasteiger partial charge on any atom is 0.0968 e. The average Bonchev–Trinajstić information content (AvgIpc) is 3.25. The number of fused-ring (bicyclic) bond motifs is 1. The fourth-order valence-electron chi connectivity index (χ4n) is 2.99. The lowest BCUT2D eigenvalue weighted by Crippen LogP contribution is -2.37. The van der Waals surface area contributed by atoms with Crippen LogP contribution in [-0.2, 0) is 19.5 Å². The van der Waals surface area contributed by atoms with E-state index in [-0.39, 0.29) is 0 Å². The Labute approximate surface area is 139 Å².